The van der Waals surface area contributed by atoms with E-state index in [-0.39, 0.29) is 0 Å². The van der Waals surface area contributed by atoms with Crippen molar-refractivity contribution < 1.29 is 0 Å². The zero-order chi connectivity index (χ0) is 32.1. The first-order valence-electron chi connectivity index (χ1n) is 16.5. The highest BCUT2D eigenvalue weighted by molar-refractivity contribution is 6.10. The summed E-state index contributed by atoms with van der Waals surface area (Å²) < 4.78 is 6.77. The van der Waals surface area contributed by atoms with Crippen LogP contribution in [0.4, 0.5) is 0 Å². The van der Waals surface area contributed by atoms with Crippen molar-refractivity contribution in [3.8, 4) is 22.9 Å². The van der Waals surface area contributed by atoms with Gasteiger partial charge in [-0.2, -0.15) is 0 Å². The smallest absolute Gasteiger partial charge is 0.235 e. The lowest BCUT2D eigenvalue weighted by atomic mass is 10.1. The van der Waals surface area contributed by atoms with E-state index in [1.54, 1.807) is 0 Å². The van der Waals surface area contributed by atoms with Crippen molar-refractivity contribution in [2.75, 3.05) is 0 Å². The van der Waals surface area contributed by atoms with Gasteiger partial charge >= 0.3 is 0 Å². The fourth-order valence-electron chi connectivity index (χ4n) is 7.64. The average molecular weight is 627 g/mol. The molecule has 4 aromatic heterocycles. The molecular weight excluding hydrogens is 601 g/mol. The van der Waals surface area contributed by atoms with Gasteiger partial charge < -0.3 is 0 Å². The molecule has 11 rings (SSSR count). The van der Waals surface area contributed by atoms with E-state index < -0.39 is 0 Å². The van der Waals surface area contributed by atoms with E-state index in [2.05, 4.69) is 153 Å². The Morgan fingerprint density at radius 3 is 1.92 bits per heavy atom. The van der Waals surface area contributed by atoms with Crippen LogP contribution in [0.1, 0.15) is 0 Å². The van der Waals surface area contributed by atoms with Crippen LogP contribution in [-0.2, 0) is 0 Å². The molecule has 0 fully saturated rings. The number of hydrogen-bond acceptors (Lipinski definition) is 3. The van der Waals surface area contributed by atoms with Gasteiger partial charge in [0.25, 0.3) is 0 Å². The lowest BCUT2D eigenvalue weighted by Gasteiger charge is -2.12. The first kappa shape index (κ1) is 26.3. The van der Waals surface area contributed by atoms with Gasteiger partial charge in [0.05, 0.1) is 44.3 Å². The Hall–Kier alpha value is -6.79. The van der Waals surface area contributed by atoms with E-state index in [1.165, 1.54) is 10.8 Å². The molecule has 0 aliphatic rings. The maximum absolute atomic E-state index is 5.25. The number of nitrogens with zero attached hydrogens (tertiary/aromatic N) is 6. The molecule has 0 radical (unpaired) electrons. The van der Waals surface area contributed by atoms with Crippen molar-refractivity contribution in [1.29, 1.82) is 0 Å². The van der Waals surface area contributed by atoms with E-state index in [1.807, 2.05) is 18.2 Å². The minimum absolute atomic E-state index is 0.650. The summed E-state index contributed by atoms with van der Waals surface area (Å²) >= 11 is 0. The average Bonchev–Trinajstić information content (AvgIpc) is 3.80. The van der Waals surface area contributed by atoms with Crippen LogP contribution in [0.3, 0.4) is 0 Å². The van der Waals surface area contributed by atoms with Crippen molar-refractivity contribution in [2.45, 2.75) is 0 Å². The van der Waals surface area contributed by atoms with Crippen molar-refractivity contribution >= 4 is 71.3 Å². The molecule has 11 aromatic rings. The summed E-state index contributed by atoms with van der Waals surface area (Å²) in [5.74, 6) is 1.54. The predicted octanol–water partition coefficient (Wildman–Crippen LogP) is 10.3. The molecule has 0 amide bonds. The summed E-state index contributed by atoms with van der Waals surface area (Å²) in [6.07, 6.45) is 0. The Bertz CT molecular complexity index is 3110. The number of aromatic nitrogens is 6. The van der Waals surface area contributed by atoms with Gasteiger partial charge in [0.1, 0.15) is 0 Å². The molecule has 0 aliphatic heterocycles. The second-order valence-corrected chi connectivity index (χ2v) is 12.6. The second kappa shape index (κ2) is 9.86. The standard InChI is InChI=1S/C43H26N6/c1-2-12-27(13-3-1)41-32-17-6-8-18-34(32)44-42(46-41)48-36-19-9-7-16-31(36)33-26-30(22-23-37(33)48)47-38-20-10-11-21-39(38)49-40-25-29-15-5-4-14-28(29)24-35(40)45-43(47)49/h1-26H. The van der Waals surface area contributed by atoms with Gasteiger partial charge in [-0.05, 0) is 65.4 Å². The lowest BCUT2D eigenvalue weighted by Crippen LogP contribution is -2.03. The molecule has 0 spiro atoms. The molecule has 49 heavy (non-hydrogen) atoms. The van der Waals surface area contributed by atoms with Crippen molar-refractivity contribution in [1.82, 2.24) is 28.5 Å². The molecule has 0 aliphatic carbocycles. The van der Waals surface area contributed by atoms with Crippen LogP contribution < -0.4 is 0 Å². The number of rotatable bonds is 3. The van der Waals surface area contributed by atoms with Crippen LogP contribution in [0, 0.1) is 0 Å². The number of fused-ring (bicyclic) bond motifs is 10. The fourth-order valence-corrected chi connectivity index (χ4v) is 7.64. The maximum atomic E-state index is 5.25. The third-order valence-corrected chi connectivity index (χ3v) is 9.82. The molecule has 0 unspecified atom stereocenters. The number of imidazole rings is 2. The molecule has 0 bridgehead atoms. The summed E-state index contributed by atoms with van der Waals surface area (Å²) in [5.41, 5.74) is 10.4. The molecule has 6 heteroatoms. The zero-order valence-electron chi connectivity index (χ0n) is 26.2. The Balaban J connectivity index is 1.19. The molecular formula is C43H26N6. The highest BCUT2D eigenvalue weighted by atomic mass is 15.2. The van der Waals surface area contributed by atoms with Crippen molar-refractivity contribution in [3.63, 3.8) is 0 Å². The highest BCUT2D eigenvalue weighted by Gasteiger charge is 2.21. The minimum atomic E-state index is 0.650. The third-order valence-electron chi connectivity index (χ3n) is 9.82. The second-order valence-electron chi connectivity index (χ2n) is 12.6. The Kier molecular flexibility index (Phi) is 5.29. The normalized spacial score (nSPS) is 12.1. The number of para-hydroxylation sites is 4. The highest BCUT2D eigenvalue weighted by Crippen LogP contribution is 2.37. The predicted molar refractivity (Wildman–Crippen MR) is 200 cm³/mol. The Morgan fingerprint density at radius 2 is 1.06 bits per heavy atom. The third kappa shape index (κ3) is 3.74. The zero-order valence-corrected chi connectivity index (χ0v) is 26.2. The molecule has 0 saturated carbocycles. The van der Waals surface area contributed by atoms with Gasteiger partial charge in [-0.25, -0.2) is 15.0 Å². The lowest BCUT2D eigenvalue weighted by molar-refractivity contribution is 1.01. The first-order valence-corrected chi connectivity index (χ1v) is 16.5. The summed E-state index contributed by atoms with van der Waals surface area (Å²) in [6.45, 7) is 0. The van der Waals surface area contributed by atoms with Crippen LogP contribution >= 0.6 is 0 Å². The van der Waals surface area contributed by atoms with E-state index in [4.69, 9.17) is 15.0 Å². The molecule has 6 nitrogen and oxygen atoms in total. The molecule has 4 heterocycles. The van der Waals surface area contributed by atoms with Gasteiger partial charge in [0.2, 0.25) is 11.7 Å². The molecule has 0 N–H and O–H groups in total. The van der Waals surface area contributed by atoms with Gasteiger partial charge in [-0.1, -0.05) is 103 Å². The summed E-state index contributed by atoms with van der Waals surface area (Å²) in [4.78, 5) is 15.6. The summed E-state index contributed by atoms with van der Waals surface area (Å²) in [6, 6.07) is 55.3. The van der Waals surface area contributed by atoms with Gasteiger partial charge in [0, 0.05) is 27.4 Å². The number of hydrogen-bond donors (Lipinski definition) is 0. The summed E-state index contributed by atoms with van der Waals surface area (Å²) in [5, 5.41) is 5.69. The van der Waals surface area contributed by atoms with Crippen molar-refractivity contribution in [2.24, 2.45) is 0 Å². The number of benzene rings is 7. The van der Waals surface area contributed by atoms with Crippen LogP contribution in [0.15, 0.2) is 158 Å². The van der Waals surface area contributed by atoms with E-state index in [9.17, 15) is 0 Å². The van der Waals surface area contributed by atoms with E-state index in [0.29, 0.717) is 5.95 Å². The molecule has 7 aromatic carbocycles. The van der Waals surface area contributed by atoms with Gasteiger partial charge in [0.15, 0.2) is 0 Å². The Labute approximate surface area is 279 Å². The molecule has 0 atom stereocenters. The minimum Gasteiger partial charge on any atom is -0.278 e. The van der Waals surface area contributed by atoms with Crippen LogP contribution in [0.5, 0.6) is 0 Å². The fraction of sp³-hybridized carbons (Fsp3) is 0. The largest absolute Gasteiger partial charge is 0.278 e. The maximum Gasteiger partial charge on any atom is 0.235 e. The van der Waals surface area contributed by atoms with E-state index in [0.717, 1.165) is 77.5 Å². The molecule has 228 valence electrons. The SMILES string of the molecule is c1ccc(-c2nc(-n3c4ccccc4c4cc(-n5c6ccccc6n6c7cc8ccccc8cc7nc56)ccc43)nc3ccccc23)cc1. The van der Waals surface area contributed by atoms with Crippen LogP contribution in [0.2, 0.25) is 0 Å². The van der Waals surface area contributed by atoms with Crippen LogP contribution in [0.25, 0.3) is 94.2 Å². The quantitative estimate of drug-likeness (QED) is 0.196. The Morgan fingerprint density at radius 1 is 0.388 bits per heavy atom. The topological polar surface area (TPSA) is 52.9 Å². The first-order chi connectivity index (χ1) is 24.3. The van der Waals surface area contributed by atoms with Crippen molar-refractivity contribution in [3.05, 3.63) is 158 Å². The monoisotopic (exact) mass is 626 g/mol. The van der Waals surface area contributed by atoms with Gasteiger partial charge in [-0.3, -0.25) is 13.5 Å². The van der Waals surface area contributed by atoms with E-state index >= 15 is 0 Å². The summed E-state index contributed by atoms with van der Waals surface area (Å²) in [7, 11) is 0. The van der Waals surface area contributed by atoms with Gasteiger partial charge in [-0.15, -0.1) is 0 Å². The molecule has 0 saturated heterocycles. The van der Waals surface area contributed by atoms with Crippen LogP contribution in [-0.4, -0.2) is 28.5 Å².